The molecule has 0 atom stereocenters. The number of halogens is 2. The summed E-state index contributed by atoms with van der Waals surface area (Å²) in [5, 5.41) is 27.9. The van der Waals surface area contributed by atoms with Gasteiger partial charge in [-0.1, -0.05) is 23.4 Å². The molecule has 1 aliphatic heterocycles. The summed E-state index contributed by atoms with van der Waals surface area (Å²) in [6, 6.07) is 9.59. The van der Waals surface area contributed by atoms with Gasteiger partial charge in [0.15, 0.2) is 23.1 Å². The molecule has 35 heavy (non-hydrogen) atoms. The Morgan fingerprint density at radius 3 is 2.57 bits per heavy atom. The van der Waals surface area contributed by atoms with E-state index in [9.17, 15) is 23.8 Å². The van der Waals surface area contributed by atoms with E-state index in [4.69, 9.17) is 4.52 Å². The lowest BCUT2D eigenvalue weighted by molar-refractivity contribution is -0.160. The molecule has 0 aliphatic carbocycles. The highest BCUT2D eigenvalue weighted by molar-refractivity contribution is 5.77. The van der Waals surface area contributed by atoms with Gasteiger partial charge in [0.2, 0.25) is 0 Å². The topological polar surface area (TPSA) is 130 Å². The van der Waals surface area contributed by atoms with E-state index in [1.165, 1.54) is 17.0 Å². The SMILES string of the molecule is O=C(O)C1(O)CCN(c2nc(-c3cc(-c4ccon4)n(Cc4ccccc4F)n3)ncc2F)CC1. The third kappa shape index (κ3) is 4.35. The van der Waals surface area contributed by atoms with Crippen LogP contribution in [-0.2, 0) is 11.3 Å². The first-order valence-corrected chi connectivity index (χ1v) is 10.8. The predicted octanol–water partition coefficient (Wildman–Crippen LogP) is 2.74. The van der Waals surface area contributed by atoms with Crippen molar-refractivity contribution >= 4 is 11.8 Å². The Bertz CT molecular complexity index is 1370. The molecule has 2 N–H and O–H groups in total. The molecule has 0 unspecified atom stereocenters. The summed E-state index contributed by atoms with van der Waals surface area (Å²) >= 11 is 0. The average Bonchev–Trinajstić information content (AvgIpc) is 3.52. The first kappa shape index (κ1) is 22.6. The smallest absolute Gasteiger partial charge is 0.335 e. The third-order valence-electron chi connectivity index (χ3n) is 6.00. The van der Waals surface area contributed by atoms with E-state index >= 15 is 0 Å². The Balaban J connectivity index is 1.48. The highest BCUT2D eigenvalue weighted by atomic mass is 19.1. The van der Waals surface area contributed by atoms with Crippen LogP contribution in [0.3, 0.4) is 0 Å². The first-order valence-electron chi connectivity index (χ1n) is 10.8. The van der Waals surface area contributed by atoms with Gasteiger partial charge in [-0.25, -0.2) is 23.5 Å². The fourth-order valence-electron chi connectivity index (χ4n) is 3.99. The molecule has 0 saturated carbocycles. The van der Waals surface area contributed by atoms with E-state index in [-0.39, 0.29) is 49.9 Å². The van der Waals surface area contributed by atoms with Crippen LogP contribution in [-0.4, -0.2) is 59.8 Å². The minimum atomic E-state index is -1.85. The van der Waals surface area contributed by atoms with Gasteiger partial charge in [0.05, 0.1) is 18.4 Å². The van der Waals surface area contributed by atoms with E-state index in [2.05, 4.69) is 20.2 Å². The summed E-state index contributed by atoms with van der Waals surface area (Å²) < 4.78 is 35.4. The minimum absolute atomic E-state index is 0.0194. The van der Waals surface area contributed by atoms with Crippen LogP contribution in [0.5, 0.6) is 0 Å². The predicted molar refractivity (Wildman–Crippen MR) is 118 cm³/mol. The van der Waals surface area contributed by atoms with Gasteiger partial charge in [0.25, 0.3) is 0 Å². The highest BCUT2D eigenvalue weighted by Gasteiger charge is 2.40. The Morgan fingerprint density at radius 2 is 1.89 bits per heavy atom. The molecule has 0 bridgehead atoms. The van der Waals surface area contributed by atoms with Gasteiger partial charge in [0.1, 0.15) is 23.5 Å². The number of hydrogen-bond acceptors (Lipinski definition) is 8. The van der Waals surface area contributed by atoms with E-state index in [0.717, 1.165) is 6.20 Å². The lowest BCUT2D eigenvalue weighted by Crippen LogP contribution is -2.49. The Labute approximate surface area is 197 Å². The molecule has 12 heteroatoms. The second kappa shape index (κ2) is 8.87. The van der Waals surface area contributed by atoms with E-state index in [1.807, 2.05) is 0 Å². The van der Waals surface area contributed by atoms with Crippen molar-refractivity contribution in [3.05, 3.63) is 66.1 Å². The summed E-state index contributed by atoms with van der Waals surface area (Å²) in [4.78, 5) is 21.3. The fourth-order valence-corrected chi connectivity index (χ4v) is 3.99. The second-order valence-corrected chi connectivity index (χ2v) is 8.24. The quantitative estimate of drug-likeness (QED) is 0.426. The number of rotatable bonds is 6. The number of anilines is 1. The molecule has 1 aromatic carbocycles. The van der Waals surface area contributed by atoms with Gasteiger partial charge >= 0.3 is 5.97 Å². The van der Waals surface area contributed by atoms with Gasteiger partial charge in [0, 0.05) is 37.6 Å². The third-order valence-corrected chi connectivity index (χ3v) is 6.00. The number of aromatic nitrogens is 5. The van der Waals surface area contributed by atoms with Crippen LogP contribution in [0.1, 0.15) is 18.4 Å². The zero-order valence-electron chi connectivity index (χ0n) is 18.3. The van der Waals surface area contributed by atoms with Crippen LogP contribution in [0.15, 0.2) is 53.4 Å². The molecule has 180 valence electrons. The monoisotopic (exact) mass is 482 g/mol. The molecule has 1 aliphatic rings. The Kier molecular flexibility index (Phi) is 5.73. The van der Waals surface area contributed by atoms with Crippen LogP contribution in [0, 0.1) is 11.6 Å². The number of benzene rings is 1. The molecule has 5 rings (SSSR count). The van der Waals surface area contributed by atoms with Crippen molar-refractivity contribution in [2.24, 2.45) is 0 Å². The van der Waals surface area contributed by atoms with E-state index in [0.29, 0.717) is 22.6 Å². The number of piperidine rings is 1. The number of carboxylic acid groups (broad SMARTS) is 1. The van der Waals surface area contributed by atoms with Crippen molar-refractivity contribution in [3.63, 3.8) is 0 Å². The molecule has 0 spiro atoms. The van der Waals surface area contributed by atoms with Gasteiger partial charge < -0.3 is 19.6 Å². The minimum Gasteiger partial charge on any atom is -0.479 e. The number of carboxylic acids is 1. The van der Waals surface area contributed by atoms with Crippen LogP contribution in [0.2, 0.25) is 0 Å². The Hall–Kier alpha value is -4.19. The zero-order valence-corrected chi connectivity index (χ0v) is 18.3. The normalized spacial score (nSPS) is 15.3. The van der Waals surface area contributed by atoms with Crippen molar-refractivity contribution < 1.29 is 28.3 Å². The summed E-state index contributed by atoms with van der Waals surface area (Å²) in [6.07, 6.45) is 2.27. The maximum absolute atomic E-state index is 14.6. The summed E-state index contributed by atoms with van der Waals surface area (Å²) in [7, 11) is 0. The lowest BCUT2D eigenvalue weighted by atomic mass is 9.92. The van der Waals surface area contributed by atoms with Gasteiger partial charge in [-0.05, 0) is 12.1 Å². The second-order valence-electron chi connectivity index (χ2n) is 8.24. The van der Waals surface area contributed by atoms with Crippen LogP contribution in [0.4, 0.5) is 14.6 Å². The summed E-state index contributed by atoms with van der Waals surface area (Å²) in [5.41, 5.74) is -0.144. The average molecular weight is 482 g/mol. The lowest BCUT2D eigenvalue weighted by Gasteiger charge is -2.36. The molecule has 10 nitrogen and oxygen atoms in total. The maximum Gasteiger partial charge on any atom is 0.335 e. The summed E-state index contributed by atoms with van der Waals surface area (Å²) in [6.45, 7) is 0.299. The molecule has 4 aromatic rings. The molecular weight excluding hydrogens is 462 g/mol. The number of aliphatic carboxylic acids is 1. The van der Waals surface area contributed by atoms with Crippen molar-refractivity contribution in [3.8, 4) is 22.9 Å². The van der Waals surface area contributed by atoms with Gasteiger partial charge in [-0.15, -0.1) is 0 Å². The van der Waals surface area contributed by atoms with Crippen LogP contribution >= 0.6 is 0 Å². The Morgan fingerprint density at radius 1 is 1.11 bits per heavy atom. The van der Waals surface area contributed by atoms with Crippen molar-refractivity contribution in [2.45, 2.75) is 25.0 Å². The van der Waals surface area contributed by atoms with Crippen LogP contribution < -0.4 is 4.90 Å². The fraction of sp³-hybridized carbons (Fsp3) is 0.261. The van der Waals surface area contributed by atoms with Crippen LogP contribution in [0.25, 0.3) is 22.9 Å². The number of carbonyl (C=O) groups is 1. The highest BCUT2D eigenvalue weighted by Crippen LogP contribution is 2.30. The molecule has 1 saturated heterocycles. The van der Waals surface area contributed by atoms with Crippen molar-refractivity contribution in [2.75, 3.05) is 18.0 Å². The van der Waals surface area contributed by atoms with Crippen molar-refractivity contribution in [1.82, 2.24) is 24.9 Å². The molecule has 0 amide bonds. The molecule has 1 fully saturated rings. The maximum atomic E-state index is 14.6. The first-order chi connectivity index (χ1) is 16.8. The molecule has 0 radical (unpaired) electrons. The molecular formula is C23H20F2N6O4. The van der Waals surface area contributed by atoms with Gasteiger partial charge in [-0.2, -0.15) is 5.10 Å². The zero-order chi connectivity index (χ0) is 24.6. The van der Waals surface area contributed by atoms with Gasteiger partial charge in [-0.3, -0.25) is 4.68 Å². The number of aliphatic hydroxyl groups is 1. The molecule has 4 heterocycles. The standard InChI is InChI=1S/C23H20F2N6O4/c24-15-4-2-1-3-14(15)13-31-19(17-5-10-35-29-17)11-18(28-31)20-26-12-16(25)21(27-20)30-8-6-23(34,7-9-30)22(32)33/h1-5,10-12,34H,6-9,13H2,(H,32,33). The van der Waals surface area contributed by atoms with E-state index < -0.39 is 17.4 Å². The number of nitrogens with zero attached hydrogens (tertiary/aromatic N) is 6. The van der Waals surface area contributed by atoms with Crippen molar-refractivity contribution in [1.29, 1.82) is 0 Å². The van der Waals surface area contributed by atoms with E-state index in [1.54, 1.807) is 35.2 Å². The summed E-state index contributed by atoms with van der Waals surface area (Å²) in [5.74, 6) is -2.27. The molecule has 3 aromatic heterocycles. The largest absolute Gasteiger partial charge is 0.479 e. The number of hydrogen-bond donors (Lipinski definition) is 2.